The van der Waals surface area contributed by atoms with Crippen LogP contribution in [0.2, 0.25) is 0 Å². The molecule has 0 spiro atoms. The van der Waals surface area contributed by atoms with Gasteiger partial charge in [-0.2, -0.15) is 9.78 Å². The van der Waals surface area contributed by atoms with Crippen LogP contribution in [-0.2, 0) is 29.1 Å². The predicted octanol–water partition coefficient (Wildman–Crippen LogP) is 2.12. The van der Waals surface area contributed by atoms with Crippen molar-refractivity contribution in [1.82, 2.24) is 0 Å². The van der Waals surface area contributed by atoms with E-state index in [2.05, 4.69) is 0 Å². The normalized spacial score (nSPS) is 13.3. The van der Waals surface area contributed by atoms with E-state index >= 15 is 0 Å². The summed E-state index contributed by atoms with van der Waals surface area (Å²) in [6.07, 6.45) is 0.101. The molecule has 0 aromatic rings. The van der Waals surface area contributed by atoms with Crippen LogP contribution >= 0.6 is 0 Å². The van der Waals surface area contributed by atoms with Crippen molar-refractivity contribution < 1.29 is 34.2 Å². The van der Waals surface area contributed by atoms with Crippen molar-refractivity contribution in [3.05, 3.63) is 0 Å². The Morgan fingerprint density at radius 2 is 1.33 bits per heavy atom. The number of rotatable bonds is 8. The fourth-order valence-corrected chi connectivity index (χ4v) is 0.977. The zero-order chi connectivity index (χ0) is 16.7. The van der Waals surface area contributed by atoms with Gasteiger partial charge in [-0.05, 0) is 41.5 Å². The molecular formula is C14H28O7. The molecule has 0 bridgehead atoms. The molecule has 7 nitrogen and oxygen atoms in total. The smallest absolute Gasteiger partial charge is 0.372 e. The summed E-state index contributed by atoms with van der Waals surface area (Å²) in [5.41, 5.74) is -1.30. The molecule has 7 heteroatoms. The third-order valence-corrected chi connectivity index (χ3v) is 1.95. The third-order valence-electron chi connectivity index (χ3n) is 1.95. The second-order valence-electron chi connectivity index (χ2n) is 6.52. The summed E-state index contributed by atoms with van der Waals surface area (Å²) >= 11 is 0. The van der Waals surface area contributed by atoms with Crippen molar-refractivity contribution in [1.29, 1.82) is 0 Å². The highest BCUT2D eigenvalue weighted by atomic mass is 17.3. The van der Waals surface area contributed by atoms with E-state index in [9.17, 15) is 4.79 Å². The van der Waals surface area contributed by atoms with Gasteiger partial charge in [-0.25, -0.2) is 14.6 Å². The molecule has 126 valence electrons. The summed E-state index contributed by atoms with van der Waals surface area (Å²) in [5.74, 6) is -2.68. The second kappa shape index (κ2) is 8.05. The lowest BCUT2D eigenvalue weighted by atomic mass is 10.2. The van der Waals surface area contributed by atoms with Gasteiger partial charge in [-0.1, -0.05) is 6.92 Å². The molecule has 0 amide bonds. The highest BCUT2D eigenvalue weighted by molar-refractivity contribution is 5.77. The van der Waals surface area contributed by atoms with E-state index in [0.717, 1.165) is 0 Å². The van der Waals surface area contributed by atoms with Gasteiger partial charge in [0.2, 0.25) is 0 Å². The second-order valence-corrected chi connectivity index (χ2v) is 6.52. The van der Waals surface area contributed by atoms with E-state index in [1.807, 2.05) is 0 Å². The lowest BCUT2D eigenvalue weighted by Crippen LogP contribution is -2.48. The Hall–Kier alpha value is -0.730. The number of aliphatic hydroxyl groups excluding tert-OH is 1. The van der Waals surface area contributed by atoms with E-state index in [0.29, 0.717) is 0 Å². The Morgan fingerprint density at radius 1 is 0.905 bits per heavy atom. The van der Waals surface area contributed by atoms with E-state index in [1.165, 1.54) is 0 Å². The quantitative estimate of drug-likeness (QED) is 0.318. The molecule has 0 rings (SSSR count). The number of ether oxygens (including phenoxy) is 1. The van der Waals surface area contributed by atoms with Gasteiger partial charge < -0.3 is 9.84 Å². The van der Waals surface area contributed by atoms with Crippen LogP contribution in [0.25, 0.3) is 0 Å². The first-order chi connectivity index (χ1) is 9.46. The highest BCUT2D eigenvalue weighted by Crippen LogP contribution is 2.26. The molecule has 21 heavy (non-hydrogen) atoms. The van der Waals surface area contributed by atoms with Crippen molar-refractivity contribution in [2.75, 3.05) is 13.2 Å². The summed E-state index contributed by atoms with van der Waals surface area (Å²) < 4.78 is 4.88. The first-order valence-electron chi connectivity index (χ1n) is 6.97. The fourth-order valence-electron chi connectivity index (χ4n) is 0.977. The van der Waals surface area contributed by atoms with Gasteiger partial charge in [0.1, 0.15) is 6.61 Å². The van der Waals surface area contributed by atoms with Gasteiger partial charge in [0.25, 0.3) is 0 Å². The van der Waals surface area contributed by atoms with Gasteiger partial charge >= 0.3 is 11.8 Å². The lowest BCUT2D eigenvalue weighted by molar-refractivity contribution is -0.528. The Morgan fingerprint density at radius 3 is 1.62 bits per heavy atom. The van der Waals surface area contributed by atoms with Crippen molar-refractivity contribution in [3.8, 4) is 0 Å². The van der Waals surface area contributed by atoms with Gasteiger partial charge in [-0.15, -0.1) is 0 Å². The maximum absolute atomic E-state index is 12.1. The van der Waals surface area contributed by atoms with E-state index in [-0.39, 0.29) is 19.6 Å². The summed E-state index contributed by atoms with van der Waals surface area (Å²) in [6.45, 7) is 11.8. The van der Waals surface area contributed by atoms with Crippen molar-refractivity contribution in [3.63, 3.8) is 0 Å². The van der Waals surface area contributed by atoms with E-state index in [4.69, 9.17) is 29.4 Å². The summed E-state index contributed by atoms with van der Waals surface area (Å²) in [5, 5.41) is 8.75. The van der Waals surface area contributed by atoms with Crippen LogP contribution in [0.4, 0.5) is 0 Å². The standard InChI is InChI=1S/C14H28O7/c1-8-14(11(16)17-10-9-15,20-18-12(2,3)4)21-19-13(5,6)7/h15H,8-10H2,1-7H3. The van der Waals surface area contributed by atoms with Crippen LogP contribution < -0.4 is 0 Å². The van der Waals surface area contributed by atoms with Crippen molar-refractivity contribution >= 4 is 5.97 Å². The molecule has 0 unspecified atom stereocenters. The van der Waals surface area contributed by atoms with Crippen LogP contribution in [0.15, 0.2) is 0 Å². The average molecular weight is 308 g/mol. The van der Waals surface area contributed by atoms with Crippen molar-refractivity contribution in [2.24, 2.45) is 0 Å². The molecule has 0 aromatic carbocycles. The first-order valence-corrected chi connectivity index (χ1v) is 6.97. The number of aliphatic hydroxyl groups is 1. The highest BCUT2D eigenvalue weighted by Gasteiger charge is 2.46. The van der Waals surface area contributed by atoms with Crippen molar-refractivity contribution in [2.45, 2.75) is 71.9 Å². The lowest BCUT2D eigenvalue weighted by Gasteiger charge is -2.32. The molecule has 0 aliphatic rings. The molecule has 1 N–H and O–H groups in total. The van der Waals surface area contributed by atoms with Gasteiger partial charge in [-0.3, -0.25) is 0 Å². The average Bonchev–Trinajstić information content (AvgIpc) is 2.34. The minimum absolute atomic E-state index is 0.101. The first kappa shape index (κ1) is 20.3. The maximum Gasteiger partial charge on any atom is 0.372 e. The minimum atomic E-state index is -1.85. The molecule has 0 atom stereocenters. The van der Waals surface area contributed by atoms with E-state index < -0.39 is 23.0 Å². The molecule has 0 saturated carbocycles. The third kappa shape index (κ3) is 8.33. The zero-order valence-corrected chi connectivity index (χ0v) is 14.0. The fraction of sp³-hybridized carbons (Fsp3) is 0.929. The van der Waals surface area contributed by atoms with Crippen LogP contribution in [0.5, 0.6) is 0 Å². The van der Waals surface area contributed by atoms with Gasteiger partial charge in [0.05, 0.1) is 17.8 Å². The maximum atomic E-state index is 12.1. The molecule has 0 aliphatic heterocycles. The monoisotopic (exact) mass is 308 g/mol. The van der Waals surface area contributed by atoms with Gasteiger partial charge in [0.15, 0.2) is 0 Å². The molecule has 0 aromatic heterocycles. The summed E-state index contributed by atoms with van der Waals surface area (Å²) in [7, 11) is 0. The molecular weight excluding hydrogens is 280 g/mol. The predicted molar refractivity (Wildman–Crippen MR) is 74.9 cm³/mol. The van der Waals surface area contributed by atoms with Crippen LogP contribution in [0.3, 0.4) is 0 Å². The van der Waals surface area contributed by atoms with E-state index in [1.54, 1.807) is 48.5 Å². The van der Waals surface area contributed by atoms with Gasteiger partial charge in [0, 0.05) is 6.42 Å². The van der Waals surface area contributed by atoms with Crippen LogP contribution in [0, 0.1) is 0 Å². The summed E-state index contributed by atoms with van der Waals surface area (Å²) in [4.78, 5) is 32.9. The number of carbonyl (C=O) groups is 1. The molecule has 0 heterocycles. The Kier molecular flexibility index (Phi) is 7.77. The number of hydrogen-bond acceptors (Lipinski definition) is 7. The number of esters is 1. The molecule has 0 radical (unpaired) electrons. The largest absolute Gasteiger partial charge is 0.459 e. The topological polar surface area (TPSA) is 83.5 Å². The summed E-state index contributed by atoms with van der Waals surface area (Å²) in [6, 6.07) is 0. The zero-order valence-electron chi connectivity index (χ0n) is 14.0. The molecule has 0 aliphatic carbocycles. The number of hydrogen-bond donors (Lipinski definition) is 1. The Labute approximate surface area is 126 Å². The minimum Gasteiger partial charge on any atom is -0.459 e. The number of carbonyl (C=O) groups excluding carboxylic acids is 1. The molecule has 0 fully saturated rings. The Balaban J connectivity index is 5.03. The van der Waals surface area contributed by atoms with Crippen LogP contribution in [0.1, 0.15) is 54.9 Å². The molecule has 0 saturated heterocycles. The van der Waals surface area contributed by atoms with Crippen LogP contribution in [-0.4, -0.2) is 41.3 Å². The SMILES string of the molecule is CCC(OOC(C)(C)C)(OOC(C)(C)C)C(=O)OCCO. The Bertz CT molecular complexity index is 296.